The van der Waals surface area contributed by atoms with Gasteiger partial charge in [0.2, 0.25) is 0 Å². The minimum atomic E-state index is -0.00731. The second-order valence-electron chi connectivity index (χ2n) is 5.07. The number of rotatable bonds is 3. The van der Waals surface area contributed by atoms with Crippen molar-refractivity contribution >= 4 is 0 Å². The van der Waals surface area contributed by atoms with Crippen LogP contribution in [0.3, 0.4) is 0 Å². The molecule has 0 amide bonds. The molecular weight excluding hydrogens is 174 g/mol. The zero-order chi connectivity index (χ0) is 10.6. The van der Waals surface area contributed by atoms with Crippen LogP contribution in [0.25, 0.3) is 0 Å². The maximum atomic E-state index is 6.12. The Morgan fingerprint density at radius 1 is 1.21 bits per heavy atom. The van der Waals surface area contributed by atoms with E-state index in [2.05, 4.69) is 20.8 Å². The van der Waals surface area contributed by atoms with Gasteiger partial charge >= 0.3 is 0 Å². The van der Waals surface area contributed by atoms with Crippen molar-refractivity contribution < 1.29 is 4.74 Å². The Kier molecular flexibility index (Phi) is 4.39. The Bertz CT molecular complexity index is 168. The van der Waals surface area contributed by atoms with Gasteiger partial charge in [-0.05, 0) is 33.1 Å². The van der Waals surface area contributed by atoms with Crippen molar-refractivity contribution in [2.24, 2.45) is 5.73 Å². The van der Waals surface area contributed by atoms with Crippen LogP contribution in [0.15, 0.2) is 0 Å². The van der Waals surface area contributed by atoms with Gasteiger partial charge in [0.1, 0.15) is 0 Å². The lowest BCUT2D eigenvalue weighted by Crippen LogP contribution is -2.41. The van der Waals surface area contributed by atoms with E-state index in [1.807, 2.05) is 0 Å². The first-order chi connectivity index (χ1) is 6.55. The van der Waals surface area contributed by atoms with Gasteiger partial charge in [-0.1, -0.05) is 26.2 Å². The van der Waals surface area contributed by atoms with Crippen LogP contribution in [0.4, 0.5) is 0 Å². The van der Waals surface area contributed by atoms with Crippen molar-refractivity contribution in [3.05, 3.63) is 0 Å². The van der Waals surface area contributed by atoms with Crippen LogP contribution in [0.5, 0.6) is 0 Å². The van der Waals surface area contributed by atoms with Gasteiger partial charge in [0.25, 0.3) is 0 Å². The Morgan fingerprint density at radius 2 is 1.86 bits per heavy atom. The molecule has 2 unspecified atom stereocenters. The van der Waals surface area contributed by atoms with Crippen LogP contribution in [-0.4, -0.2) is 17.7 Å². The van der Waals surface area contributed by atoms with Crippen LogP contribution in [0.2, 0.25) is 0 Å². The van der Waals surface area contributed by atoms with Gasteiger partial charge in [0.05, 0.1) is 11.7 Å². The molecule has 0 bridgehead atoms. The summed E-state index contributed by atoms with van der Waals surface area (Å²) < 4.78 is 6.10. The minimum Gasteiger partial charge on any atom is -0.371 e. The second-order valence-corrected chi connectivity index (χ2v) is 5.07. The predicted molar refractivity (Wildman–Crippen MR) is 60.3 cm³/mol. The molecule has 2 heteroatoms. The van der Waals surface area contributed by atoms with Gasteiger partial charge in [-0.2, -0.15) is 0 Å². The fourth-order valence-corrected chi connectivity index (χ4v) is 1.94. The lowest BCUT2D eigenvalue weighted by Gasteiger charge is -2.32. The molecule has 0 radical (unpaired) electrons. The molecule has 0 aromatic rings. The summed E-state index contributed by atoms with van der Waals surface area (Å²) in [5.74, 6) is 0. The molecule has 2 atom stereocenters. The first-order valence-corrected chi connectivity index (χ1v) is 5.98. The molecule has 84 valence electrons. The maximum absolute atomic E-state index is 6.12. The van der Waals surface area contributed by atoms with Gasteiger partial charge in [0, 0.05) is 6.04 Å². The third-order valence-corrected chi connectivity index (χ3v) is 3.33. The Balaban J connectivity index is 2.48. The van der Waals surface area contributed by atoms with Crippen LogP contribution in [0.1, 0.15) is 59.3 Å². The van der Waals surface area contributed by atoms with E-state index in [9.17, 15) is 0 Å². The van der Waals surface area contributed by atoms with E-state index >= 15 is 0 Å². The van der Waals surface area contributed by atoms with Crippen molar-refractivity contribution in [1.82, 2.24) is 0 Å². The first-order valence-electron chi connectivity index (χ1n) is 5.98. The summed E-state index contributed by atoms with van der Waals surface area (Å²) in [7, 11) is 0. The molecule has 0 aromatic heterocycles. The number of nitrogens with two attached hydrogens (primary N) is 1. The summed E-state index contributed by atoms with van der Waals surface area (Å²) in [6.45, 7) is 6.48. The third-order valence-electron chi connectivity index (χ3n) is 3.33. The molecular formula is C12H25NO. The molecule has 0 saturated heterocycles. The average Bonchev–Trinajstić information content (AvgIpc) is 2.32. The Morgan fingerprint density at radius 3 is 2.50 bits per heavy atom. The molecule has 14 heavy (non-hydrogen) atoms. The second kappa shape index (κ2) is 5.13. The smallest absolute Gasteiger partial charge is 0.0733 e. The summed E-state index contributed by atoms with van der Waals surface area (Å²) >= 11 is 0. The van der Waals surface area contributed by atoms with Crippen molar-refractivity contribution in [2.75, 3.05) is 0 Å². The van der Waals surface area contributed by atoms with Crippen molar-refractivity contribution in [3.8, 4) is 0 Å². The van der Waals surface area contributed by atoms with Gasteiger partial charge < -0.3 is 10.5 Å². The molecule has 2 N–H and O–H groups in total. The van der Waals surface area contributed by atoms with Gasteiger partial charge in [0.15, 0.2) is 0 Å². The number of hydrogen-bond acceptors (Lipinski definition) is 2. The lowest BCUT2D eigenvalue weighted by molar-refractivity contribution is -0.0850. The average molecular weight is 199 g/mol. The lowest BCUT2D eigenvalue weighted by atomic mass is 10.0. The number of ether oxygens (including phenoxy) is 1. The highest BCUT2D eigenvalue weighted by atomic mass is 16.5. The van der Waals surface area contributed by atoms with Crippen molar-refractivity contribution in [2.45, 2.75) is 77.0 Å². The fourth-order valence-electron chi connectivity index (χ4n) is 1.94. The zero-order valence-electron chi connectivity index (χ0n) is 9.88. The zero-order valence-corrected chi connectivity index (χ0v) is 9.88. The number of hydrogen-bond donors (Lipinski definition) is 1. The quantitative estimate of drug-likeness (QED) is 0.709. The fraction of sp³-hybridized carbons (Fsp3) is 1.00. The topological polar surface area (TPSA) is 35.2 Å². The summed E-state index contributed by atoms with van der Waals surface area (Å²) in [6, 6.07) is 0.253. The SMILES string of the molecule is CCC(C)(C)OC1CCCCCC1N. The van der Waals surface area contributed by atoms with E-state index in [-0.39, 0.29) is 17.7 Å². The van der Waals surface area contributed by atoms with Crippen LogP contribution in [0, 0.1) is 0 Å². The van der Waals surface area contributed by atoms with E-state index < -0.39 is 0 Å². The monoisotopic (exact) mass is 199 g/mol. The molecule has 1 rings (SSSR count). The predicted octanol–water partition coefficient (Wildman–Crippen LogP) is 2.85. The molecule has 1 saturated carbocycles. The van der Waals surface area contributed by atoms with Crippen LogP contribution in [-0.2, 0) is 4.74 Å². The minimum absolute atomic E-state index is 0.00731. The van der Waals surface area contributed by atoms with Crippen molar-refractivity contribution in [3.63, 3.8) is 0 Å². The maximum Gasteiger partial charge on any atom is 0.0733 e. The summed E-state index contributed by atoms with van der Waals surface area (Å²) in [5, 5.41) is 0. The summed E-state index contributed by atoms with van der Waals surface area (Å²) in [6.07, 6.45) is 7.48. The molecule has 0 heterocycles. The van der Waals surface area contributed by atoms with E-state index in [4.69, 9.17) is 10.5 Å². The molecule has 0 aromatic carbocycles. The highest BCUT2D eigenvalue weighted by Gasteiger charge is 2.27. The Hall–Kier alpha value is -0.0800. The van der Waals surface area contributed by atoms with E-state index in [1.165, 1.54) is 19.3 Å². The van der Waals surface area contributed by atoms with Crippen LogP contribution >= 0.6 is 0 Å². The largest absolute Gasteiger partial charge is 0.371 e. The van der Waals surface area contributed by atoms with E-state index in [1.54, 1.807) is 0 Å². The van der Waals surface area contributed by atoms with Crippen molar-refractivity contribution in [1.29, 1.82) is 0 Å². The van der Waals surface area contributed by atoms with E-state index in [0.29, 0.717) is 0 Å². The van der Waals surface area contributed by atoms with Gasteiger partial charge in [-0.25, -0.2) is 0 Å². The highest BCUT2D eigenvalue weighted by molar-refractivity contribution is 4.80. The Labute approximate surface area is 88.2 Å². The van der Waals surface area contributed by atoms with Crippen LogP contribution < -0.4 is 5.73 Å². The molecule has 1 aliphatic carbocycles. The summed E-state index contributed by atoms with van der Waals surface area (Å²) in [5.41, 5.74) is 6.11. The molecule has 2 nitrogen and oxygen atoms in total. The van der Waals surface area contributed by atoms with Gasteiger partial charge in [-0.15, -0.1) is 0 Å². The molecule has 1 fully saturated rings. The van der Waals surface area contributed by atoms with Gasteiger partial charge in [-0.3, -0.25) is 0 Å². The normalized spacial score (nSPS) is 30.0. The molecule has 0 spiro atoms. The molecule has 0 aliphatic heterocycles. The summed E-state index contributed by atoms with van der Waals surface area (Å²) in [4.78, 5) is 0. The first kappa shape index (κ1) is 12.0. The third kappa shape index (κ3) is 3.58. The van der Waals surface area contributed by atoms with E-state index in [0.717, 1.165) is 19.3 Å². The molecule has 1 aliphatic rings. The standard InChI is InChI=1S/C12H25NO/c1-4-12(2,3)14-11-9-7-5-6-8-10(11)13/h10-11H,4-9,13H2,1-3H3. The highest BCUT2D eigenvalue weighted by Crippen LogP contribution is 2.25.